The summed E-state index contributed by atoms with van der Waals surface area (Å²) in [4.78, 5) is 8.62. The van der Waals surface area contributed by atoms with Gasteiger partial charge in [-0.25, -0.2) is 9.67 Å². The lowest BCUT2D eigenvalue weighted by Crippen LogP contribution is -2.08. The minimum absolute atomic E-state index is 0.306. The zero-order valence-corrected chi connectivity index (χ0v) is 10.3. The fraction of sp³-hybridized carbons (Fsp3) is 0.214. The summed E-state index contributed by atoms with van der Waals surface area (Å²) in [5.74, 6) is 1.76. The van der Waals surface area contributed by atoms with Crippen LogP contribution in [0.25, 0.3) is 5.95 Å². The second-order valence-electron chi connectivity index (χ2n) is 4.71. The van der Waals surface area contributed by atoms with Crippen molar-refractivity contribution in [3.05, 3.63) is 60.4 Å². The first-order valence-corrected chi connectivity index (χ1v) is 6.40. The van der Waals surface area contributed by atoms with Gasteiger partial charge in [0.2, 0.25) is 0 Å². The molecule has 0 saturated carbocycles. The van der Waals surface area contributed by atoms with Crippen LogP contribution in [0.1, 0.15) is 23.9 Å². The van der Waals surface area contributed by atoms with Crippen LogP contribution in [0.5, 0.6) is 0 Å². The number of imidazole rings is 1. The van der Waals surface area contributed by atoms with Gasteiger partial charge in [0.25, 0.3) is 5.95 Å². The average Bonchev–Trinajstić information content (AvgIpc) is 3.15. The van der Waals surface area contributed by atoms with Crippen LogP contribution in [0.2, 0.25) is 0 Å². The molecule has 19 heavy (non-hydrogen) atoms. The third kappa shape index (κ3) is 1.66. The second kappa shape index (κ2) is 4.05. The molecule has 94 valence electrons. The molecule has 0 radical (unpaired) electrons. The number of aryl methyl sites for hydroxylation is 1. The average molecular weight is 251 g/mol. The molecule has 0 bridgehead atoms. The zero-order valence-electron chi connectivity index (χ0n) is 10.3. The van der Waals surface area contributed by atoms with Crippen LogP contribution in [-0.2, 0) is 6.42 Å². The molecule has 1 aliphatic heterocycles. The Hall–Kier alpha value is -2.43. The van der Waals surface area contributed by atoms with Gasteiger partial charge in [0.1, 0.15) is 12.2 Å². The van der Waals surface area contributed by atoms with E-state index in [1.165, 1.54) is 5.56 Å². The Kier molecular flexibility index (Phi) is 2.24. The fourth-order valence-electron chi connectivity index (χ4n) is 2.62. The molecule has 3 aromatic rings. The lowest BCUT2D eigenvalue weighted by atomic mass is 10.1. The van der Waals surface area contributed by atoms with Gasteiger partial charge in [-0.15, -0.1) is 5.10 Å². The van der Waals surface area contributed by atoms with E-state index in [0.717, 1.165) is 18.7 Å². The van der Waals surface area contributed by atoms with Gasteiger partial charge < -0.3 is 0 Å². The Morgan fingerprint density at radius 2 is 2.05 bits per heavy atom. The third-order valence-electron chi connectivity index (χ3n) is 3.55. The van der Waals surface area contributed by atoms with Gasteiger partial charge in [-0.1, -0.05) is 30.3 Å². The molecule has 1 aliphatic rings. The lowest BCUT2D eigenvalue weighted by molar-refractivity contribution is 0.551. The van der Waals surface area contributed by atoms with Crippen molar-refractivity contribution >= 4 is 0 Å². The van der Waals surface area contributed by atoms with E-state index in [4.69, 9.17) is 0 Å². The van der Waals surface area contributed by atoms with Crippen molar-refractivity contribution in [1.29, 1.82) is 0 Å². The fourth-order valence-corrected chi connectivity index (χ4v) is 2.62. The maximum atomic E-state index is 4.62. The van der Waals surface area contributed by atoms with E-state index in [1.54, 1.807) is 12.5 Å². The van der Waals surface area contributed by atoms with Crippen LogP contribution in [-0.4, -0.2) is 24.3 Å². The molecule has 1 atom stereocenters. The van der Waals surface area contributed by atoms with Gasteiger partial charge in [0, 0.05) is 18.8 Å². The summed E-state index contributed by atoms with van der Waals surface area (Å²) in [6.45, 7) is 0. The minimum Gasteiger partial charge on any atom is -0.273 e. The van der Waals surface area contributed by atoms with Crippen LogP contribution in [0.4, 0.5) is 0 Å². The SMILES string of the molecule is c1ccc(C2CCc3nc(-n4ccnc4)nn32)cc1. The summed E-state index contributed by atoms with van der Waals surface area (Å²) in [6.07, 6.45) is 7.37. The third-order valence-corrected chi connectivity index (χ3v) is 3.55. The van der Waals surface area contributed by atoms with Gasteiger partial charge in [0.05, 0.1) is 6.04 Å². The Morgan fingerprint density at radius 1 is 1.16 bits per heavy atom. The standard InChI is InChI=1S/C14H13N5/c1-2-4-11(5-3-1)12-6-7-13-16-14(17-19(12)13)18-9-8-15-10-18/h1-5,8-10,12H,6-7H2. The van der Waals surface area contributed by atoms with Crippen LogP contribution in [0, 0.1) is 0 Å². The maximum absolute atomic E-state index is 4.62. The number of nitrogens with zero attached hydrogens (tertiary/aromatic N) is 5. The van der Waals surface area contributed by atoms with Gasteiger partial charge in [-0.3, -0.25) is 4.57 Å². The van der Waals surface area contributed by atoms with E-state index in [0.29, 0.717) is 12.0 Å². The molecule has 5 nitrogen and oxygen atoms in total. The molecule has 5 heteroatoms. The van der Waals surface area contributed by atoms with E-state index in [9.17, 15) is 0 Å². The molecule has 0 spiro atoms. The first-order valence-electron chi connectivity index (χ1n) is 6.40. The molecule has 4 rings (SSSR count). The topological polar surface area (TPSA) is 48.5 Å². The summed E-state index contributed by atoms with van der Waals surface area (Å²) >= 11 is 0. The Morgan fingerprint density at radius 3 is 2.84 bits per heavy atom. The summed E-state index contributed by atoms with van der Waals surface area (Å²) in [6, 6.07) is 10.8. The Labute approximate surface area is 110 Å². The minimum atomic E-state index is 0.306. The number of benzene rings is 1. The molecular formula is C14H13N5. The maximum Gasteiger partial charge on any atom is 0.254 e. The van der Waals surface area contributed by atoms with Crippen molar-refractivity contribution in [2.24, 2.45) is 0 Å². The quantitative estimate of drug-likeness (QED) is 0.700. The molecule has 0 saturated heterocycles. The molecule has 0 N–H and O–H groups in total. The van der Waals surface area contributed by atoms with Crippen molar-refractivity contribution in [2.45, 2.75) is 18.9 Å². The molecule has 2 aromatic heterocycles. The highest BCUT2D eigenvalue weighted by molar-refractivity contribution is 5.24. The summed E-state index contributed by atoms with van der Waals surface area (Å²) in [7, 11) is 0. The summed E-state index contributed by atoms with van der Waals surface area (Å²) in [5.41, 5.74) is 1.29. The molecule has 1 aromatic carbocycles. The van der Waals surface area contributed by atoms with Gasteiger partial charge in [-0.2, -0.15) is 4.98 Å². The van der Waals surface area contributed by atoms with E-state index in [2.05, 4.69) is 39.3 Å². The number of aromatic nitrogens is 5. The van der Waals surface area contributed by atoms with Crippen molar-refractivity contribution in [1.82, 2.24) is 24.3 Å². The Bertz CT molecular complexity index is 684. The van der Waals surface area contributed by atoms with Crippen molar-refractivity contribution < 1.29 is 0 Å². The first-order chi connectivity index (χ1) is 9.42. The highest BCUT2D eigenvalue weighted by Gasteiger charge is 2.27. The number of fused-ring (bicyclic) bond motifs is 1. The van der Waals surface area contributed by atoms with Crippen molar-refractivity contribution in [2.75, 3.05) is 0 Å². The largest absolute Gasteiger partial charge is 0.273 e. The number of hydrogen-bond acceptors (Lipinski definition) is 3. The molecule has 0 amide bonds. The summed E-state index contributed by atoms with van der Waals surface area (Å²) < 4.78 is 3.89. The van der Waals surface area contributed by atoms with E-state index < -0.39 is 0 Å². The van der Waals surface area contributed by atoms with Crippen molar-refractivity contribution in [3.63, 3.8) is 0 Å². The van der Waals surface area contributed by atoms with E-state index in [1.807, 2.05) is 21.5 Å². The van der Waals surface area contributed by atoms with Gasteiger partial charge in [0.15, 0.2) is 0 Å². The summed E-state index contributed by atoms with van der Waals surface area (Å²) in [5, 5.41) is 4.62. The first kappa shape index (κ1) is 10.5. The monoisotopic (exact) mass is 251 g/mol. The van der Waals surface area contributed by atoms with E-state index in [-0.39, 0.29) is 0 Å². The molecule has 3 heterocycles. The van der Waals surface area contributed by atoms with Crippen LogP contribution in [0.15, 0.2) is 49.1 Å². The zero-order chi connectivity index (χ0) is 12.7. The smallest absolute Gasteiger partial charge is 0.254 e. The van der Waals surface area contributed by atoms with Crippen LogP contribution >= 0.6 is 0 Å². The number of rotatable bonds is 2. The van der Waals surface area contributed by atoms with E-state index >= 15 is 0 Å². The predicted molar refractivity (Wildman–Crippen MR) is 70.0 cm³/mol. The molecule has 0 aliphatic carbocycles. The molecular weight excluding hydrogens is 238 g/mol. The highest BCUT2D eigenvalue weighted by atomic mass is 15.4. The predicted octanol–water partition coefficient (Wildman–Crippen LogP) is 2.00. The van der Waals surface area contributed by atoms with Crippen molar-refractivity contribution in [3.8, 4) is 5.95 Å². The normalized spacial score (nSPS) is 17.6. The van der Waals surface area contributed by atoms with Crippen LogP contribution < -0.4 is 0 Å². The highest BCUT2D eigenvalue weighted by Crippen LogP contribution is 2.30. The second-order valence-corrected chi connectivity index (χ2v) is 4.71. The van der Waals surface area contributed by atoms with Gasteiger partial charge in [-0.05, 0) is 12.0 Å². The van der Waals surface area contributed by atoms with Gasteiger partial charge >= 0.3 is 0 Å². The molecule has 1 unspecified atom stereocenters. The molecule has 0 fully saturated rings. The lowest BCUT2D eigenvalue weighted by Gasteiger charge is -2.11. The van der Waals surface area contributed by atoms with Crippen LogP contribution in [0.3, 0.4) is 0 Å². The Balaban J connectivity index is 1.75. The number of hydrogen-bond donors (Lipinski definition) is 0.